The van der Waals surface area contributed by atoms with Crippen LogP contribution in [-0.2, 0) is 0 Å². The molecule has 1 aromatic carbocycles. The van der Waals surface area contributed by atoms with Gasteiger partial charge in [0, 0.05) is 5.92 Å². The first-order valence-electron chi connectivity index (χ1n) is 4.53. The zero-order chi connectivity index (χ0) is 9.84. The SMILES string of the molecule is [CH]=C(C)C(CC)c1ccc(O)cc1. The van der Waals surface area contributed by atoms with Gasteiger partial charge in [0.25, 0.3) is 0 Å². The van der Waals surface area contributed by atoms with Gasteiger partial charge in [-0.25, -0.2) is 0 Å². The largest absolute Gasteiger partial charge is 0.508 e. The molecule has 0 aliphatic heterocycles. The Bertz CT molecular complexity index is 284. The molecule has 0 bridgehead atoms. The fourth-order valence-electron chi connectivity index (χ4n) is 1.53. The quantitative estimate of drug-likeness (QED) is 0.747. The molecular weight excluding hydrogens is 160 g/mol. The van der Waals surface area contributed by atoms with Crippen LogP contribution < -0.4 is 0 Å². The molecule has 1 nitrogen and oxygen atoms in total. The molecule has 69 valence electrons. The molecule has 0 aliphatic carbocycles. The average Bonchev–Trinajstić information content (AvgIpc) is 2.09. The maximum absolute atomic E-state index is 9.11. The first-order valence-corrected chi connectivity index (χ1v) is 4.53. The Morgan fingerprint density at radius 1 is 1.38 bits per heavy atom. The van der Waals surface area contributed by atoms with Crippen LogP contribution in [0.3, 0.4) is 0 Å². The summed E-state index contributed by atoms with van der Waals surface area (Å²) >= 11 is 0. The summed E-state index contributed by atoms with van der Waals surface area (Å²) in [7, 11) is 0. The molecule has 1 aromatic rings. The topological polar surface area (TPSA) is 20.2 Å². The predicted molar refractivity (Wildman–Crippen MR) is 54.6 cm³/mol. The van der Waals surface area contributed by atoms with Gasteiger partial charge in [-0.2, -0.15) is 0 Å². The van der Waals surface area contributed by atoms with Crippen LogP contribution in [-0.4, -0.2) is 5.11 Å². The first-order chi connectivity index (χ1) is 6.15. The van der Waals surface area contributed by atoms with Crippen LogP contribution in [0, 0.1) is 6.58 Å². The van der Waals surface area contributed by atoms with Gasteiger partial charge >= 0.3 is 0 Å². The van der Waals surface area contributed by atoms with Crippen molar-refractivity contribution in [3.8, 4) is 5.75 Å². The lowest BCUT2D eigenvalue weighted by molar-refractivity contribution is 0.475. The van der Waals surface area contributed by atoms with Crippen molar-refractivity contribution in [2.75, 3.05) is 0 Å². The molecule has 0 aliphatic rings. The number of phenolic OH excluding ortho intramolecular Hbond substituents is 1. The lowest BCUT2D eigenvalue weighted by Crippen LogP contribution is -1.97. The minimum absolute atomic E-state index is 0.299. The van der Waals surface area contributed by atoms with Gasteiger partial charge in [-0.1, -0.05) is 31.2 Å². The van der Waals surface area contributed by atoms with Crippen molar-refractivity contribution in [2.45, 2.75) is 26.2 Å². The summed E-state index contributed by atoms with van der Waals surface area (Å²) in [5.41, 5.74) is 2.09. The highest BCUT2D eigenvalue weighted by atomic mass is 16.3. The van der Waals surface area contributed by atoms with Crippen molar-refractivity contribution < 1.29 is 5.11 Å². The molecule has 13 heavy (non-hydrogen) atoms. The number of benzene rings is 1. The standard InChI is InChI=1S/C12H15O/c1-4-12(9(2)3)10-5-7-11(13)8-6-10/h2,5-8,12-13H,4H2,1,3H3. The minimum Gasteiger partial charge on any atom is -0.508 e. The van der Waals surface area contributed by atoms with Crippen LogP contribution in [0.4, 0.5) is 0 Å². The van der Waals surface area contributed by atoms with E-state index < -0.39 is 0 Å². The Morgan fingerprint density at radius 3 is 2.31 bits per heavy atom. The van der Waals surface area contributed by atoms with E-state index in [2.05, 4.69) is 6.92 Å². The van der Waals surface area contributed by atoms with Gasteiger partial charge in [0.05, 0.1) is 0 Å². The van der Waals surface area contributed by atoms with Crippen molar-refractivity contribution in [3.63, 3.8) is 0 Å². The van der Waals surface area contributed by atoms with Crippen molar-refractivity contribution in [2.24, 2.45) is 0 Å². The Morgan fingerprint density at radius 2 is 1.92 bits per heavy atom. The third-order valence-electron chi connectivity index (χ3n) is 2.25. The van der Waals surface area contributed by atoms with Crippen LogP contribution in [0.1, 0.15) is 31.7 Å². The Balaban J connectivity index is 2.92. The van der Waals surface area contributed by atoms with Crippen LogP contribution in [0.15, 0.2) is 29.8 Å². The summed E-state index contributed by atoms with van der Waals surface area (Å²) in [5.74, 6) is 0.605. The van der Waals surface area contributed by atoms with Gasteiger partial charge in [-0.05, 0) is 31.0 Å². The van der Waals surface area contributed by atoms with E-state index in [-0.39, 0.29) is 0 Å². The number of phenols is 1. The molecular formula is C12H15O. The molecule has 0 saturated carbocycles. The van der Waals surface area contributed by atoms with E-state index in [1.54, 1.807) is 12.1 Å². The van der Waals surface area contributed by atoms with Gasteiger partial charge in [-0.3, -0.25) is 0 Å². The van der Waals surface area contributed by atoms with Crippen LogP contribution >= 0.6 is 0 Å². The lowest BCUT2D eigenvalue weighted by atomic mass is 9.91. The minimum atomic E-state index is 0.299. The normalized spacial score (nSPS) is 12.5. The molecule has 1 unspecified atom stereocenters. The van der Waals surface area contributed by atoms with Gasteiger partial charge in [-0.15, -0.1) is 0 Å². The summed E-state index contributed by atoms with van der Waals surface area (Å²) < 4.78 is 0. The summed E-state index contributed by atoms with van der Waals surface area (Å²) in [5, 5.41) is 9.11. The zero-order valence-electron chi connectivity index (χ0n) is 8.12. The third-order valence-corrected chi connectivity index (χ3v) is 2.25. The molecule has 0 amide bonds. The Kier molecular flexibility index (Phi) is 3.13. The number of hydrogen-bond acceptors (Lipinski definition) is 1. The summed E-state index contributed by atoms with van der Waals surface area (Å²) in [6.45, 7) is 9.81. The Labute approximate surface area is 79.7 Å². The average molecular weight is 175 g/mol. The van der Waals surface area contributed by atoms with E-state index in [0.29, 0.717) is 11.7 Å². The summed E-state index contributed by atoms with van der Waals surface area (Å²) in [6.07, 6.45) is 0.993. The molecule has 1 radical (unpaired) electrons. The molecule has 1 rings (SSSR count). The van der Waals surface area contributed by atoms with Gasteiger partial charge in [0.1, 0.15) is 5.75 Å². The van der Waals surface area contributed by atoms with Crippen LogP contribution in [0.2, 0.25) is 0 Å². The predicted octanol–water partition coefficient (Wildman–Crippen LogP) is 3.27. The first kappa shape index (κ1) is 9.85. The number of allylic oxidation sites excluding steroid dienone is 1. The second-order valence-corrected chi connectivity index (χ2v) is 3.30. The molecule has 0 spiro atoms. The highest BCUT2D eigenvalue weighted by molar-refractivity contribution is 5.31. The van der Waals surface area contributed by atoms with E-state index in [0.717, 1.165) is 12.0 Å². The highest BCUT2D eigenvalue weighted by Crippen LogP contribution is 2.27. The third kappa shape index (κ3) is 2.35. The maximum Gasteiger partial charge on any atom is 0.115 e. The zero-order valence-corrected chi connectivity index (χ0v) is 8.12. The van der Waals surface area contributed by atoms with E-state index in [1.807, 2.05) is 19.1 Å². The fourth-order valence-corrected chi connectivity index (χ4v) is 1.53. The molecule has 1 atom stereocenters. The molecule has 0 aromatic heterocycles. The molecule has 1 heteroatoms. The summed E-state index contributed by atoms with van der Waals surface area (Å²) in [6, 6.07) is 7.22. The monoisotopic (exact) mass is 175 g/mol. The number of hydrogen-bond donors (Lipinski definition) is 1. The molecule has 1 N–H and O–H groups in total. The number of aromatic hydroxyl groups is 1. The Hall–Kier alpha value is -1.24. The second-order valence-electron chi connectivity index (χ2n) is 3.30. The van der Waals surface area contributed by atoms with Crippen molar-refractivity contribution in [1.29, 1.82) is 0 Å². The second kappa shape index (κ2) is 4.13. The van der Waals surface area contributed by atoms with Crippen LogP contribution in [0.25, 0.3) is 0 Å². The van der Waals surface area contributed by atoms with E-state index in [9.17, 15) is 0 Å². The number of rotatable bonds is 3. The van der Waals surface area contributed by atoms with Gasteiger partial charge in [0.15, 0.2) is 0 Å². The van der Waals surface area contributed by atoms with E-state index in [1.165, 1.54) is 5.56 Å². The maximum atomic E-state index is 9.11. The van der Waals surface area contributed by atoms with Gasteiger partial charge in [0.2, 0.25) is 0 Å². The molecule has 0 saturated heterocycles. The highest BCUT2D eigenvalue weighted by Gasteiger charge is 2.09. The van der Waals surface area contributed by atoms with Crippen molar-refractivity contribution >= 4 is 0 Å². The summed E-state index contributed by atoms with van der Waals surface area (Å²) in [4.78, 5) is 0. The van der Waals surface area contributed by atoms with E-state index in [4.69, 9.17) is 11.7 Å². The van der Waals surface area contributed by atoms with E-state index >= 15 is 0 Å². The smallest absolute Gasteiger partial charge is 0.115 e. The van der Waals surface area contributed by atoms with Crippen LogP contribution in [0.5, 0.6) is 5.75 Å². The fraction of sp³-hybridized carbons (Fsp3) is 0.333. The van der Waals surface area contributed by atoms with Crippen molar-refractivity contribution in [1.82, 2.24) is 0 Å². The van der Waals surface area contributed by atoms with Crippen molar-refractivity contribution in [3.05, 3.63) is 42.0 Å². The van der Waals surface area contributed by atoms with Gasteiger partial charge < -0.3 is 5.11 Å². The molecule has 0 heterocycles. The lowest BCUT2D eigenvalue weighted by Gasteiger charge is -2.14. The molecule has 0 fully saturated rings.